The van der Waals surface area contributed by atoms with E-state index in [0.717, 1.165) is 12.1 Å². The summed E-state index contributed by atoms with van der Waals surface area (Å²) in [6.07, 6.45) is 3.12. The monoisotopic (exact) mass is 246 g/mol. The highest BCUT2D eigenvalue weighted by Crippen LogP contribution is 2.17. The molecule has 96 valence electrons. The van der Waals surface area contributed by atoms with E-state index in [-0.39, 0.29) is 12.0 Å². The fourth-order valence-electron chi connectivity index (χ4n) is 1.85. The van der Waals surface area contributed by atoms with Crippen molar-refractivity contribution < 1.29 is 9.53 Å². The third-order valence-corrected chi connectivity index (χ3v) is 2.91. The minimum Gasteiger partial charge on any atom is -0.471 e. The highest BCUT2D eigenvalue weighted by Gasteiger charge is 2.31. The smallest absolute Gasteiger partial charge is 0.223 e. The zero-order valence-electron chi connectivity index (χ0n) is 10.6. The predicted molar refractivity (Wildman–Crippen MR) is 69.4 cm³/mol. The molecule has 4 heteroatoms. The van der Waals surface area contributed by atoms with Gasteiger partial charge in [-0.15, -0.1) is 6.58 Å². The number of hydrogen-bond acceptors (Lipinski definition) is 3. The van der Waals surface area contributed by atoms with Gasteiger partial charge in [0.1, 0.15) is 6.10 Å². The zero-order valence-corrected chi connectivity index (χ0v) is 10.6. The van der Waals surface area contributed by atoms with Gasteiger partial charge in [-0.25, -0.2) is 4.98 Å². The van der Waals surface area contributed by atoms with Crippen molar-refractivity contribution in [2.45, 2.75) is 25.9 Å². The minimum absolute atomic E-state index is 0.0759. The van der Waals surface area contributed by atoms with E-state index >= 15 is 0 Å². The Bertz CT molecular complexity index is 439. The van der Waals surface area contributed by atoms with Crippen LogP contribution in [0.2, 0.25) is 0 Å². The lowest BCUT2D eigenvalue weighted by molar-refractivity contribution is -0.140. The summed E-state index contributed by atoms with van der Waals surface area (Å²) in [6, 6.07) is 5.69. The van der Waals surface area contributed by atoms with Crippen LogP contribution in [0.15, 0.2) is 30.9 Å². The standard InChI is InChI=1S/C14H18N2O2/c1-3-4-8-14(17)16-9-12(10-16)18-13-7-5-6-11(2)15-13/h3,5-7,12H,1,4,8-10H2,2H3. The molecule has 2 rings (SSSR count). The van der Waals surface area contributed by atoms with E-state index < -0.39 is 0 Å². The molecule has 0 atom stereocenters. The van der Waals surface area contributed by atoms with Crippen LogP contribution in [0.1, 0.15) is 18.5 Å². The lowest BCUT2D eigenvalue weighted by Gasteiger charge is -2.38. The van der Waals surface area contributed by atoms with Gasteiger partial charge in [-0.05, 0) is 19.4 Å². The number of rotatable bonds is 5. The third-order valence-electron chi connectivity index (χ3n) is 2.91. The average Bonchev–Trinajstić information content (AvgIpc) is 2.30. The SMILES string of the molecule is C=CCCC(=O)N1CC(Oc2cccc(C)n2)C1. The van der Waals surface area contributed by atoms with Crippen molar-refractivity contribution in [3.63, 3.8) is 0 Å². The Balaban J connectivity index is 1.76. The minimum atomic E-state index is 0.0759. The first-order valence-corrected chi connectivity index (χ1v) is 6.18. The van der Waals surface area contributed by atoms with Gasteiger partial charge in [0, 0.05) is 18.2 Å². The number of aromatic nitrogens is 1. The summed E-state index contributed by atoms with van der Waals surface area (Å²) in [5.74, 6) is 0.810. The number of nitrogens with zero attached hydrogens (tertiary/aromatic N) is 2. The van der Waals surface area contributed by atoms with E-state index in [1.165, 1.54) is 0 Å². The molecule has 0 aromatic carbocycles. The third kappa shape index (κ3) is 3.09. The topological polar surface area (TPSA) is 42.4 Å². The molecule has 0 bridgehead atoms. The molecule has 0 spiro atoms. The number of hydrogen-bond donors (Lipinski definition) is 0. The van der Waals surface area contributed by atoms with Crippen molar-refractivity contribution in [1.29, 1.82) is 0 Å². The van der Waals surface area contributed by atoms with Crippen LogP contribution in [0, 0.1) is 6.92 Å². The Labute approximate surface area is 107 Å². The van der Waals surface area contributed by atoms with E-state index in [9.17, 15) is 4.79 Å². The van der Waals surface area contributed by atoms with Crippen molar-refractivity contribution in [3.8, 4) is 5.88 Å². The molecule has 1 aromatic heterocycles. The first kappa shape index (κ1) is 12.6. The molecule has 2 heterocycles. The summed E-state index contributed by atoms with van der Waals surface area (Å²) in [4.78, 5) is 17.7. The van der Waals surface area contributed by atoms with Gasteiger partial charge in [-0.2, -0.15) is 0 Å². The molecule has 0 saturated carbocycles. The fourth-order valence-corrected chi connectivity index (χ4v) is 1.85. The number of carbonyl (C=O) groups is 1. The predicted octanol–water partition coefficient (Wildman–Crippen LogP) is 1.95. The normalized spacial score (nSPS) is 15.1. The molecule has 0 N–H and O–H groups in total. The molecule has 0 unspecified atom stereocenters. The molecule has 0 aliphatic carbocycles. The molecule has 1 aliphatic rings. The van der Waals surface area contributed by atoms with Gasteiger partial charge >= 0.3 is 0 Å². The molecule has 1 aliphatic heterocycles. The summed E-state index contributed by atoms with van der Waals surface area (Å²) in [5, 5.41) is 0. The van der Waals surface area contributed by atoms with Crippen LogP contribution in [0.25, 0.3) is 0 Å². The van der Waals surface area contributed by atoms with Crippen LogP contribution in [-0.4, -0.2) is 35.0 Å². The maximum absolute atomic E-state index is 11.6. The quantitative estimate of drug-likeness (QED) is 0.746. The van der Waals surface area contributed by atoms with Crippen LogP contribution >= 0.6 is 0 Å². The van der Waals surface area contributed by atoms with Crippen molar-refractivity contribution in [2.24, 2.45) is 0 Å². The molecule has 1 aromatic rings. The van der Waals surface area contributed by atoms with E-state index in [0.29, 0.717) is 25.4 Å². The lowest BCUT2D eigenvalue weighted by atomic mass is 10.1. The number of pyridine rings is 1. The average molecular weight is 246 g/mol. The zero-order chi connectivity index (χ0) is 13.0. The van der Waals surface area contributed by atoms with E-state index in [4.69, 9.17) is 4.74 Å². The highest BCUT2D eigenvalue weighted by molar-refractivity contribution is 5.77. The number of carbonyl (C=O) groups excluding carboxylic acids is 1. The van der Waals surface area contributed by atoms with Crippen LogP contribution in [-0.2, 0) is 4.79 Å². The van der Waals surface area contributed by atoms with E-state index in [1.807, 2.05) is 30.0 Å². The molecule has 0 radical (unpaired) electrons. The van der Waals surface area contributed by atoms with Crippen LogP contribution in [0.4, 0.5) is 0 Å². The maximum atomic E-state index is 11.6. The second-order valence-electron chi connectivity index (χ2n) is 4.48. The molecule has 1 fully saturated rings. The van der Waals surface area contributed by atoms with Crippen LogP contribution in [0.3, 0.4) is 0 Å². The van der Waals surface area contributed by atoms with Gasteiger partial charge in [0.2, 0.25) is 11.8 Å². The van der Waals surface area contributed by atoms with Gasteiger partial charge in [0.15, 0.2) is 0 Å². The number of allylic oxidation sites excluding steroid dienone is 1. The summed E-state index contributed by atoms with van der Waals surface area (Å²) in [5.41, 5.74) is 0.936. The lowest BCUT2D eigenvalue weighted by Crippen LogP contribution is -2.56. The Morgan fingerprint density at radius 2 is 2.39 bits per heavy atom. The fraction of sp³-hybridized carbons (Fsp3) is 0.429. The summed E-state index contributed by atoms with van der Waals surface area (Å²) in [7, 11) is 0. The molecule has 1 amide bonds. The van der Waals surface area contributed by atoms with Gasteiger partial charge in [-0.3, -0.25) is 4.79 Å². The maximum Gasteiger partial charge on any atom is 0.223 e. The Hall–Kier alpha value is -1.84. The number of amides is 1. The van der Waals surface area contributed by atoms with Gasteiger partial charge in [-0.1, -0.05) is 12.1 Å². The van der Waals surface area contributed by atoms with E-state index in [1.54, 1.807) is 6.08 Å². The van der Waals surface area contributed by atoms with Crippen molar-refractivity contribution in [1.82, 2.24) is 9.88 Å². The Kier molecular flexibility index (Phi) is 3.97. The van der Waals surface area contributed by atoms with E-state index in [2.05, 4.69) is 11.6 Å². The van der Waals surface area contributed by atoms with Crippen LogP contribution < -0.4 is 4.74 Å². The first-order valence-electron chi connectivity index (χ1n) is 6.18. The van der Waals surface area contributed by atoms with Gasteiger partial charge in [0.05, 0.1) is 13.1 Å². The summed E-state index contributed by atoms with van der Waals surface area (Å²) in [6.45, 7) is 6.86. The highest BCUT2D eigenvalue weighted by atomic mass is 16.5. The van der Waals surface area contributed by atoms with Crippen molar-refractivity contribution in [2.75, 3.05) is 13.1 Å². The summed E-state index contributed by atoms with van der Waals surface area (Å²) < 4.78 is 5.69. The van der Waals surface area contributed by atoms with Crippen molar-refractivity contribution in [3.05, 3.63) is 36.5 Å². The van der Waals surface area contributed by atoms with Crippen LogP contribution in [0.5, 0.6) is 5.88 Å². The second-order valence-corrected chi connectivity index (χ2v) is 4.48. The Morgan fingerprint density at radius 3 is 3.06 bits per heavy atom. The number of ether oxygens (including phenoxy) is 1. The molecular formula is C14H18N2O2. The molecule has 4 nitrogen and oxygen atoms in total. The Morgan fingerprint density at radius 1 is 1.61 bits per heavy atom. The van der Waals surface area contributed by atoms with Crippen molar-refractivity contribution >= 4 is 5.91 Å². The second kappa shape index (κ2) is 5.67. The molecule has 18 heavy (non-hydrogen) atoms. The summed E-state index contributed by atoms with van der Waals surface area (Å²) >= 11 is 0. The number of likely N-dealkylation sites (tertiary alicyclic amines) is 1. The van der Waals surface area contributed by atoms with Gasteiger partial charge in [0.25, 0.3) is 0 Å². The first-order chi connectivity index (χ1) is 8.69. The molecule has 1 saturated heterocycles. The van der Waals surface area contributed by atoms with Gasteiger partial charge < -0.3 is 9.64 Å². The number of aryl methyl sites for hydroxylation is 1. The molecular weight excluding hydrogens is 228 g/mol. The largest absolute Gasteiger partial charge is 0.471 e.